The first-order chi connectivity index (χ1) is 13.1. The van der Waals surface area contributed by atoms with Gasteiger partial charge in [-0.05, 0) is 24.3 Å². The summed E-state index contributed by atoms with van der Waals surface area (Å²) in [5.41, 5.74) is 2.66. The van der Waals surface area contributed by atoms with Gasteiger partial charge in [0.2, 0.25) is 5.91 Å². The number of amides is 1. The molecule has 1 aliphatic heterocycles. The standard InChI is InChI=1S/C21H20ClN3O2/c1-3-10-24-18-7-5-4-6-17(18)23-21(24)14-11-20(26)25(13-14)19-12-15(27-2)8-9-16(19)22/h3-9,12,14H,1,10-11,13H2,2H3. The second kappa shape index (κ2) is 7.08. The molecule has 138 valence electrons. The van der Waals surface area contributed by atoms with Crippen LogP contribution in [0, 0.1) is 0 Å². The smallest absolute Gasteiger partial charge is 0.227 e. The molecule has 6 heteroatoms. The van der Waals surface area contributed by atoms with Crippen LogP contribution < -0.4 is 9.64 Å². The fraction of sp³-hybridized carbons (Fsp3) is 0.238. The monoisotopic (exact) mass is 381 g/mol. The van der Waals surface area contributed by atoms with E-state index in [4.69, 9.17) is 21.3 Å². The molecule has 0 N–H and O–H groups in total. The number of para-hydroxylation sites is 2. The zero-order valence-electron chi connectivity index (χ0n) is 15.1. The Labute approximate surface area is 162 Å². The van der Waals surface area contributed by atoms with Gasteiger partial charge >= 0.3 is 0 Å². The molecule has 1 atom stereocenters. The van der Waals surface area contributed by atoms with Crippen molar-refractivity contribution in [1.82, 2.24) is 9.55 Å². The number of imidazole rings is 1. The summed E-state index contributed by atoms with van der Waals surface area (Å²) in [5, 5.41) is 0.532. The number of hydrogen-bond donors (Lipinski definition) is 0. The summed E-state index contributed by atoms with van der Waals surface area (Å²) in [6.07, 6.45) is 2.25. The number of anilines is 1. The third-order valence-corrected chi connectivity index (χ3v) is 5.25. The van der Waals surface area contributed by atoms with E-state index < -0.39 is 0 Å². The average Bonchev–Trinajstić information content (AvgIpc) is 3.23. The molecule has 1 unspecified atom stereocenters. The number of hydrogen-bond acceptors (Lipinski definition) is 3. The third-order valence-electron chi connectivity index (χ3n) is 4.93. The highest BCUT2D eigenvalue weighted by Gasteiger charge is 2.35. The Morgan fingerprint density at radius 2 is 2.15 bits per heavy atom. The van der Waals surface area contributed by atoms with Crippen molar-refractivity contribution in [1.29, 1.82) is 0 Å². The van der Waals surface area contributed by atoms with Crippen LogP contribution >= 0.6 is 11.6 Å². The predicted molar refractivity (Wildman–Crippen MR) is 108 cm³/mol. The number of aromatic nitrogens is 2. The van der Waals surface area contributed by atoms with Crippen molar-refractivity contribution in [3.63, 3.8) is 0 Å². The lowest BCUT2D eigenvalue weighted by atomic mass is 10.1. The molecule has 1 amide bonds. The van der Waals surface area contributed by atoms with Gasteiger partial charge in [-0.3, -0.25) is 4.79 Å². The van der Waals surface area contributed by atoms with Crippen LogP contribution in [0.5, 0.6) is 5.75 Å². The van der Waals surface area contributed by atoms with E-state index in [9.17, 15) is 4.79 Å². The van der Waals surface area contributed by atoms with E-state index in [1.54, 1.807) is 30.2 Å². The number of carbonyl (C=O) groups excluding carboxylic acids is 1. The molecule has 2 aromatic carbocycles. The summed E-state index contributed by atoms with van der Waals surface area (Å²) in [6.45, 7) is 5.05. The second-order valence-corrected chi connectivity index (χ2v) is 6.99. The van der Waals surface area contributed by atoms with Crippen molar-refractivity contribution in [2.75, 3.05) is 18.6 Å². The molecule has 3 aromatic rings. The minimum Gasteiger partial charge on any atom is -0.497 e. The zero-order chi connectivity index (χ0) is 19.0. The van der Waals surface area contributed by atoms with Crippen LogP contribution in [0.4, 0.5) is 5.69 Å². The first kappa shape index (κ1) is 17.6. The van der Waals surface area contributed by atoms with Crippen LogP contribution in [-0.2, 0) is 11.3 Å². The van der Waals surface area contributed by atoms with Crippen LogP contribution in [0.25, 0.3) is 11.0 Å². The first-order valence-corrected chi connectivity index (χ1v) is 9.20. The number of benzene rings is 2. The van der Waals surface area contributed by atoms with E-state index in [1.807, 2.05) is 30.3 Å². The van der Waals surface area contributed by atoms with E-state index in [1.165, 1.54) is 0 Å². The molecule has 0 spiro atoms. The molecule has 1 fully saturated rings. The van der Waals surface area contributed by atoms with Gasteiger partial charge in [0.25, 0.3) is 0 Å². The number of halogens is 1. The number of ether oxygens (including phenoxy) is 1. The summed E-state index contributed by atoms with van der Waals surface area (Å²) in [5.74, 6) is 1.61. The number of methoxy groups -OCH3 is 1. The van der Waals surface area contributed by atoms with Gasteiger partial charge < -0.3 is 14.2 Å². The Morgan fingerprint density at radius 1 is 1.33 bits per heavy atom. The molecule has 5 nitrogen and oxygen atoms in total. The molecule has 27 heavy (non-hydrogen) atoms. The second-order valence-electron chi connectivity index (χ2n) is 6.58. The molecule has 0 radical (unpaired) electrons. The van der Waals surface area contributed by atoms with Crippen LogP contribution in [0.15, 0.2) is 55.1 Å². The maximum Gasteiger partial charge on any atom is 0.227 e. The quantitative estimate of drug-likeness (QED) is 0.615. The lowest BCUT2D eigenvalue weighted by molar-refractivity contribution is -0.117. The summed E-state index contributed by atoms with van der Waals surface area (Å²) < 4.78 is 7.42. The predicted octanol–water partition coefficient (Wildman–Crippen LogP) is 4.40. The Morgan fingerprint density at radius 3 is 2.93 bits per heavy atom. The minimum absolute atomic E-state index is 0.00730. The van der Waals surface area contributed by atoms with E-state index >= 15 is 0 Å². The Balaban J connectivity index is 1.72. The van der Waals surface area contributed by atoms with Gasteiger partial charge in [0.05, 0.1) is 28.9 Å². The fourth-order valence-electron chi connectivity index (χ4n) is 3.67. The van der Waals surface area contributed by atoms with E-state index in [-0.39, 0.29) is 11.8 Å². The van der Waals surface area contributed by atoms with Crippen LogP contribution in [0.2, 0.25) is 5.02 Å². The van der Waals surface area contributed by atoms with Crippen LogP contribution in [-0.4, -0.2) is 29.1 Å². The SMILES string of the molecule is C=CCn1c(C2CC(=O)N(c3cc(OC)ccc3Cl)C2)nc2ccccc21. The van der Waals surface area contributed by atoms with E-state index in [0.29, 0.717) is 36.0 Å². The molecule has 1 aromatic heterocycles. The highest BCUT2D eigenvalue weighted by molar-refractivity contribution is 6.34. The van der Waals surface area contributed by atoms with Gasteiger partial charge in [-0.2, -0.15) is 0 Å². The molecular formula is C21H20ClN3O2. The molecule has 0 aliphatic carbocycles. The van der Waals surface area contributed by atoms with E-state index in [0.717, 1.165) is 16.9 Å². The van der Waals surface area contributed by atoms with Gasteiger partial charge in [-0.15, -0.1) is 6.58 Å². The highest BCUT2D eigenvalue weighted by Crippen LogP contribution is 2.37. The number of nitrogens with zero attached hydrogens (tertiary/aromatic N) is 3. The maximum atomic E-state index is 12.8. The molecular weight excluding hydrogens is 362 g/mol. The summed E-state index contributed by atoms with van der Waals surface area (Å²) in [7, 11) is 1.60. The number of fused-ring (bicyclic) bond motifs is 1. The van der Waals surface area contributed by atoms with Crippen LogP contribution in [0.3, 0.4) is 0 Å². The van der Waals surface area contributed by atoms with Crippen molar-refractivity contribution >= 4 is 34.2 Å². The van der Waals surface area contributed by atoms with Crippen LogP contribution in [0.1, 0.15) is 18.2 Å². The Hall–Kier alpha value is -2.79. The number of allylic oxidation sites excluding steroid dienone is 1. The fourth-order valence-corrected chi connectivity index (χ4v) is 3.89. The van der Waals surface area contributed by atoms with Crippen molar-refractivity contribution < 1.29 is 9.53 Å². The maximum absolute atomic E-state index is 12.8. The normalized spacial score (nSPS) is 16.9. The van der Waals surface area contributed by atoms with Gasteiger partial charge in [0.1, 0.15) is 11.6 Å². The highest BCUT2D eigenvalue weighted by atomic mass is 35.5. The van der Waals surface area contributed by atoms with Crippen molar-refractivity contribution in [2.45, 2.75) is 18.9 Å². The third kappa shape index (κ3) is 3.08. The van der Waals surface area contributed by atoms with E-state index in [2.05, 4.69) is 11.1 Å². The molecule has 4 rings (SSSR count). The molecule has 2 heterocycles. The summed E-state index contributed by atoms with van der Waals surface area (Å²) >= 11 is 6.35. The molecule has 0 saturated carbocycles. The van der Waals surface area contributed by atoms with Gasteiger partial charge in [0.15, 0.2) is 0 Å². The summed E-state index contributed by atoms with van der Waals surface area (Å²) in [6, 6.07) is 13.3. The minimum atomic E-state index is -0.00730. The molecule has 1 aliphatic rings. The molecule has 0 bridgehead atoms. The lowest BCUT2D eigenvalue weighted by Gasteiger charge is -2.19. The topological polar surface area (TPSA) is 47.4 Å². The van der Waals surface area contributed by atoms with Gasteiger partial charge in [-0.1, -0.05) is 29.8 Å². The zero-order valence-corrected chi connectivity index (χ0v) is 15.8. The van der Waals surface area contributed by atoms with Crippen molar-refractivity contribution in [3.05, 3.63) is 66.0 Å². The van der Waals surface area contributed by atoms with Gasteiger partial charge in [0, 0.05) is 31.5 Å². The lowest BCUT2D eigenvalue weighted by Crippen LogP contribution is -2.25. The van der Waals surface area contributed by atoms with Crippen molar-refractivity contribution in [2.24, 2.45) is 0 Å². The largest absolute Gasteiger partial charge is 0.497 e. The number of carbonyl (C=O) groups is 1. The Bertz CT molecular complexity index is 1030. The number of rotatable bonds is 5. The Kier molecular flexibility index (Phi) is 4.62. The van der Waals surface area contributed by atoms with Crippen molar-refractivity contribution in [3.8, 4) is 5.75 Å². The van der Waals surface area contributed by atoms with Gasteiger partial charge in [-0.25, -0.2) is 4.98 Å². The summed E-state index contributed by atoms with van der Waals surface area (Å²) in [4.78, 5) is 19.3. The first-order valence-electron chi connectivity index (χ1n) is 8.82. The average molecular weight is 382 g/mol. The molecule has 1 saturated heterocycles.